The molecule has 0 aliphatic carbocycles. The molecule has 0 bridgehead atoms. The molecule has 0 aromatic heterocycles. The maximum Gasteiger partial charge on any atom is 0.273 e. The second kappa shape index (κ2) is 4.75. The number of benzene rings is 1. The van der Waals surface area contributed by atoms with Crippen molar-refractivity contribution >= 4 is 5.69 Å². The summed E-state index contributed by atoms with van der Waals surface area (Å²) in [4.78, 5) is 10.2. The number of non-ortho nitro benzene ring substituents is 1. The molecule has 0 heterocycles. The van der Waals surface area contributed by atoms with Crippen LogP contribution in [0.25, 0.3) is 0 Å². The number of methoxy groups -OCH3 is 1. The third kappa shape index (κ3) is 3.21. The first-order valence-corrected chi connectivity index (χ1v) is 4.61. The van der Waals surface area contributed by atoms with Gasteiger partial charge in [0.05, 0.1) is 18.1 Å². The molecule has 1 unspecified atom stereocenters. The van der Waals surface area contributed by atoms with E-state index in [-0.39, 0.29) is 11.7 Å². The molecule has 82 valence electrons. The van der Waals surface area contributed by atoms with E-state index in [1.54, 1.807) is 6.07 Å². The predicted octanol–water partition coefficient (Wildman–Crippen LogP) is 1.49. The lowest BCUT2D eigenvalue weighted by molar-refractivity contribution is -0.385. The first-order chi connectivity index (χ1) is 7.02. The number of nitro benzene ring substituents is 1. The van der Waals surface area contributed by atoms with Crippen LogP contribution in [0, 0.1) is 10.1 Å². The maximum atomic E-state index is 10.6. The van der Waals surface area contributed by atoms with Gasteiger partial charge in [-0.3, -0.25) is 10.1 Å². The molecule has 5 heteroatoms. The van der Waals surface area contributed by atoms with Crippen molar-refractivity contribution in [3.63, 3.8) is 0 Å². The van der Waals surface area contributed by atoms with Gasteiger partial charge < -0.3 is 10.5 Å². The minimum absolute atomic E-state index is 0.0308. The molecule has 0 radical (unpaired) electrons. The Hall–Kier alpha value is -1.62. The van der Waals surface area contributed by atoms with Gasteiger partial charge >= 0.3 is 0 Å². The minimum atomic E-state index is -0.437. The van der Waals surface area contributed by atoms with Crippen molar-refractivity contribution in [2.75, 3.05) is 7.11 Å². The Morgan fingerprint density at radius 1 is 1.53 bits per heavy atom. The second-order valence-electron chi connectivity index (χ2n) is 3.48. The van der Waals surface area contributed by atoms with Gasteiger partial charge in [-0.15, -0.1) is 0 Å². The smallest absolute Gasteiger partial charge is 0.273 e. The van der Waals surface area contributed by atoms with Crippen molar-refractivity contribution in [3.05, 3.63) is 33.9 Å². The van der Waals surface area contributed by atoms with Crippen molar-refractivity contribution < 1.29 is 9.66 Å². The van der Waals surface area contributed by atoms with Crippen LogP contribution in [-0.2, 0) is 6.42 Å². The summed E-state index contributed by atoms with van der Waals surface area (Å²) in [5.74, 6) is 0.486. The monoisotopic (exact) mass is 210 g/mol. The van der Waals surface area contributed by atoms with Crippen LogP contribution in [0.5, 0.6) is 5.75 Å². The third-order valence-electron chi connectivity index (χ3n) is 1.96. The van der Waals surface area contributed by atoms with E-state index < -0.39 is 4.92 Å². The summed E-state index contributed by atoms with van der Waals surface area (Å²) in [5.41, 5.74) is 6.48. The minimum Gasteiger partial charge on any atom is -0.496 e. The van der Waals surface area contributed by atoms with Crippen LogP contribution in [-0.4, -0.2) is 18.1 Å². The van der Waals surface area contributed by atoms with Gasteiger partial charge in [-0.2, -0.15) is 0 Å². The number of hydrogen-bond acceptors (Lipinski definition) is 4. The van der Waals surface area contributed by atoms with Crippen molar-refractivity contribution in [3.8, 4) is 5.75 Å². The van der Waals surface area contributed by atoms with Crippen molar-refractivity contribution in [1.29, 1.82) is 0 Å². The fraction of sp³-hybridized carbons (Fsp3) is 0.400. The number of hydrogen-bond donors (Lipinski definition) is 1. The highest BCUT2D eigenvalue weighted by Crippen LogP contribution is 2.23. The molecule has 0 saturated heterocycles. The molecule has 15 heavy (non-hydrogen) atoms. The zero-order valence-corrected chi connectivity index (χ0v) is 8.77. The summed E-state index contributed by atoms with van der Waals surface area (Å²) in [6, 6.07) is 4.64. The molecule has 1 aromatic carbocycles. The third-order valence-corrected chi connectivity index (χ3v) is 1.96. The van der Waals surface area contributed by atoms with Crippen LogP contribution in [0.2, 0.25) is 0 Å². The number of nitro groups is 1. The largest absolute Gasteiger partial charge is 0.496 e. The van der Waals surface area contributed by atoms with Gasteiger partial charge in [0.25, 0.3) is 5.69 Å². The lowest BCUT2D eigenvalue weighted by Gasteiger charge is -2.07. The standard InChI is InChI=1S/C10H14N2O3/c1-7(11)3-8-4-9(12(13)14)6-10(5-8)15-2/h4-7H,3,11H2,1-2H3. The van der Waals surface area contributed by atoms with Gasteiger partial charge in [0, 0.05) is 12.1 Å². The lowest BCUT2D eigenvalue weighted by Crippen LogP contribution is -2.17. The summed E-state index contributed by atoms with van der Waals surface area (Å²) >= 11 is 0. The Morgan fingerprint density at radius 2 is 2.20 bits per heavy atom. The molecular formula is C10H14N2O3. The van der Waals surface area contributed by atoms with Gasteiger partial charge in [-0.25, -0.2) is 0 Å². The number of nitrogens with two attached hydrogens (primary N) is 1. The molecule has 0 fully saturated rings. The van der Waals surface area contributed by atoms with Crippen molar-refractivity contribution in [1.82, 2.24) is 0 Å². The van der Waals surface area contributed by atoms with E-state index in [1.165, 1.54) is 19.2 Å². The molecule has 1 atom stereocenters. The first kappa shape index (κ1) is 11.5. The Kier molecular flexibility index (Phi) is 3.62. The number of ether oxygens (including phenoxy) is 1. The fourth-order valence-corrected chi connectivity index (χ4v) is 1.36. The van der Waals surface area contributed by atoms with E-state index >= 15 is 0 Å². The van der Waals surface area contributed by atoms with E-state index in [0.717, 1.165) is 5.56 Å². The quantitative estimate of drug-likeness (QED) is 0.603. The highest BCUT2D eigenvalue weighted by molar-refractivity contribution is 5.43. The van der Waals surface area contributed by atoms with Gasteiger partial charge in [0.2, 0.25) is 0 Å². The molecule has 0 aliphatic heterocycles. The zero-order valence-electron chi connectivity index (χ0n) is 8.77. The highest BCUT2D eigenvalue weighted by atomic mass is 16.6. The van der Waals surface area contributed by atoms with Crippen molar-refractivity contribution in [2.24, 2.45) is 5.73 Å². The van der Waals surface area contributed by atoms with Crippen LogP contribution in [0.3, 0.4) is 0 Å². The van der Waals surface area contributed by atoms with Gasteiger partial charge in [0.15, 0.2) is 0 Å². The number of rotatable bonds is 4. The SMILES string of the molecule is COc1cc(CC(C)N)cc([N+](=O)[O-])c1. The van der Waals surface area contributed by atoms with Crippen LogP contribution in [0.15, 0.2) is 18.2 Å². The predicted molar refractivity (Wildman–Crippen MR) is 57.0 cm³/mol. The fourth-order valence-electron chi connectivity index (χ4n) is 1.36. The van der Waals surface area contributed by atoms with Crippen LogP contribution in [0.4, 0.5) is 5.69 Å². The van der Waals surface area contributed by atoms with Crippen LogP contribution >= 0.6 is 0 Å². The summed E-state index contributed by atoms with van der Waals surface area (Å²) in [5, 5.41) is 10.6. The van der Waals surface area contributed by atoms with E-state index in [4.69, 9.17) is 10.5 Å². The van der Waals surface area contributed by atoms with Gasteiger partial charge in [0.1, 0.15) is 5.75 Å². The van der Waals surface area contributed by atoms with Gasteiger partial charge in [-0.1, -0.05) is 0 Å². The highest BCUT2D eigenvalue weighted by Gasteiger charge is 2.10. The molecule has 1 aromatic rings. The summed E-state index contributed by atoms with van der Waals surface area (Å²) < 4.78 is 4.98. The molecule has 0 spiro atoms. The van der Waals surface area contributed by atoms with Crippen LogP contribution < -0.4 is 10.5 Å². The Labute approximate surface area is 88.0 Å². The first-order valence-electron chi connectivity index (χ1n) is 4.61. The molecule has 1 rings (SSSR count). The zero-order chi connectivity index (χ0) is 11.4. The van der Waals surface area contributed by atoms with Crippen LogP contribution in [0.1, 0.15) is 12.5 Å². The Balaban J connectivity index is 3.05. The van der Waals surface area contributed by atoms with E-state index in [0.29, 0.717) is 12.2 Å². The summed E-state index contributed by atoms with van der Waals surface area (Å²) in [6.07, 6.45) is 0.595. The molecular weight excluding hydrogens is 196 g/mol. The molecule has 2 N–H and O–H groups in total. The number of nitrogens with zero attached hydrogens (tertiary/aromatic N) is 1. The lowest BCUT2D eigenvalue weighted by atomic mass is 10.1. The molecule has 5 nitrogen and oxygen atoms in total. The second-order valence-corrected chi connectivity index (χ2v) is 3.48. The van der Waals surface area contributed by atoms with E-state index in [1.807, 2.05) is 6.92 Å². The molecule has 0 saturated carbocycles. The van der Waals surface area contributed by atoms with E-state index in [9.17, 15) is 10.1 Å². The molecule has 0 amide bonds. The summed E-state index contributed by atoms with van der Waals surface area (Å²) in [7, 11) is 1.48. The Morgan fingerprint density at radius 3 is 2.67 bits per heavy atom. The van der Waals surface area contributed by atoms with Gasteiger partial charge in [-0.05, 0) is 25.0 Å². The van der Waals surface area contributed by atoms with E-state index in [2.05, 4.69) is 0 Å². The molecule has 0 aliphatic rings. The average molecular weight is 210 g/mol. The Bertz CT molecular complexity index is 364. The normalized spacial score (nSPS) is 12.2. The summed E-state index contributed by atoms with van der Waals surface area (Å²) in [6.45, 7) is 1.85. The topological polar surface area (TPSA) is 78.4 Å². The average Bonchev–Trinajstić information content (AvgIpc) is 2.16. The maximum absolute atomic E-state index is 10.6. The van der Waals surface area contributed by atoms with Crippen molar-refractivity contribution in [2.45, 2.75) is 19.4 Å².